The molecule has 98 valence electrons. The van der Waals surface area contributed by atoms with E-state index in [1.165, 1.54) is 26.6 Å². The molecule has 0 amide bonds. The molecule has 0 aliphatic carbocycles. The van der Waals surface area contributed by atoms with Crippen molar-refractivity contribution in [3.8, 4) is 0 Å². The first-order chi connectivity index (χ1) is 8.76. The van der Waals surface area contributed by atoms with Gasteiger partial charge in [-0.1, -0.05) is 0 Å². The normalized spacial score (nSPS) is 12.4. The van der Waals surface area contributed by atoms with Gasteiger partial charge in [-0.05, 0) is 0 Å². The van der Waals surface area contributed by atoms with Crippen molar-refractivity contribution in [2.24, 2.45) is 0 Å². The standard InChI is InChI=1S/C16H26Ge2/c1-5-17(6-2)14-16(18(7-3)8-4)15-12-10-9-11-13-15/h9-14H,5-8H2,1-4H3/b16-14-. The summed E-state index contributed by atoms with van der Waals surface area (Å²) in [5, 5.41) is 5.73. The van der Waals surface area contributed by atoms with E-state index in [1.807, 2.05) is 0 Å². The molecule has 0 aromatic heterocycles. The summed E-state index contributed by atoms with van der Waals surface area (Å²) in [6, 6.07) is 11.2. The van der Waals surface area contributed by atoms with E-state index < -0.39 is 28.7 Å². The van der Waals surface area contributed by atoms with Gasteiger partial charge in [-0.2, -0.15) is 0 Å². The Morgan fingerprint density at radius 2 is 1.44 bits per heavy atom. The second-order valence-corrected chi connectivity index (χ2v) is 17.6. The molecular formula is C16H26Ge2. The molecule has 2 heteroatoms. The summed E-state index contributed by atoms with van der Waals surface area (Å²) in [5.41, 5.74) is 1.53. The molecule has 2 radical (unpaired) electrons. The van der Waals surface area contributed by atoms with Crippen molar-refractivity contribution in [1.29, 1.82) is 0 Å². The molecule has 0 heterocycles. The topological polar surface area (TPSA) is 0 Å². The van der Waals surface area contributed by atoms with Crippen LogP contribution in [-0.4, -0.2) is 28.7 Å². The van der Waals surface area contributed by atoms with Crippen LogP contribution in [0.25, 0.3) is 4.41 Å². The summed E-state index contributed by atoms with van der Waals surface area (Å²) in [7, 11) is 0. The minimum atomic E-state index is -1.01. The fourth-order valence-electron chi connectivity index (χ4n) is 2.30. The first-order valence-corrected chi connectivity index (χ1v) is 15.4. The minimum absolute atomic E-state index is 0.902. The molecule has 1 rings (SSSR count). The van der Waals surface area contributed by atoms with Crippen LogP contribution in [0.3, 0.4) is 0 Å². The van der Waals surface area contributed by atoms with E-state index in [0.29, 0.717) is 0 Å². The molecule has 0 fully saturated rings. The first-order valence-electron chi connectivity index (χ1n) is 7.23. The molecule has 18 heavy (non-hydrogen) atoms. The molecule has 0 atom stereocenters. The van der Waals surface area contributed by atoms with Crippen molar-refractivity contribution in [2.75, 3.05) is 0 Å². The number of rotatable bonds is 7. The van der Waals surface area contributed by atoms with Gasteiger partial charge in [-0.3, -0.25) is 0 Å². The van der Waals surface area contributed by atoms with Crippen molar-refractivity contribution in [2.45, 2.75) is 48.7 Å². The van der Waals surface area contributed by atoms with Gasteiger partial charge in [0.25, 0.3) is 0 Å². The molecule has 0 nitrogen and oxygen atoms in total. The number of benzene rings is 1. The maximum atomic E-state index is 2.78. The van der Waals surface area contributed by atoms with E-state index >= 15 is 0 Å². The second-order valence-electron chi connectivity index (χ2n) is 4.60. The van der Waals surface area contributed by atoms with Gasteiger partial charge in [-0.15, -0.1) is 0 Å². The Labute approximate surface area is 122 Å². The quantitative estimate of drug-likeness (QED) is 0.583. The van der Waals surface area contributed by atoms with Crippen molar-refractivity contribution in [1.82, 2.24) is 0 Å². The van der Waals surface area contributed by atoms with Gasteiger partial charge < -0.3 is 0 Å². The molecule has 1 aromatic carbocycles. The molecule has 0 spiro atoms. The predicted octanol–water partition coefficient (Wildman–Crippen LogP) is 5.22. The molecule has 1 aromatic rings. The third-order valence-corrected chi connectivity index (χ3v) is 16.2. The van der Waals surface area contributed by atoms with E-state index in [2.05, 4.69) is 62.9 Å². The molecular weight excluding hydrogens is 337 g/mol. The van der Waals surface area contributed by atoms with Crippen molar-refractivity contribution < 1.29 is 0 Å². The first kappa shape index (κ1) is 16.1. The molecule has 0 aliphatic rings. The van der Waals surface area contributed by atoms with Crippen LogP contribution in [0.2, 0.25) is 21.0 Å². The van der Waals surface area contributed by atoms with Gasteiger partial charge in [-0.25, -0.2) is 0 Å². The Hall–Kier alpha value is 0.0457. The molecule has 0 unspecified atom stereocenters. The monoisotopic (exact) mass is 366 g/mol. The van der Waals surface area contributed by atoms with Crippen molar-refractivity contribution >= 4 is 33.1 Å². The van der Waals surface area contributed by atoms with E-state index in [4.69, 9.17) is 0 Å². The second kappa shape index (κ2) is 9.03. The zero-order valence-corrected chi connectivity index (χ0v) is 16.5. The number of hydrogen-bond donors (Lipinski definition) is 0. The summed E-state index contributed by atoms with van der Waals surface area (Å²) in [4.78, 5) is 2.78. The summed E-state index contributed by atoms with van der Waals surface area (Å²) in [6.07, 6.45) is 0. The summed E-state index contributed by atoms with van der Waals surface area (Å²) in [6.45, 7) is 9.56. The molecule has 0 aliphatic heterocycles. The van der Waals surface area contributed by atoms with Gasteiger partial charge in [0.2, 0.25) is 0 Å². The Morgan fingerprint density at radius 1 is 0.889 bits per heavy atom. The van der Waals surface area contributed by atoms with Crippen LogP contribution in [-0.2, 0) is 0 Å². The molecule has 0 saturated carbocycles. The third kappa shape index (κ3) is 4.62. The van der Waals surface area contributed by atoms with Crippen LogP contribution in [0.5, 0.6) is 0 Å². The molecule has 0 N–H and O–H groups in total. The van der Waals surface area contributed by atoms with Crippen LogP contribution >= 0.6 is 0 Å². The molecule has 0 bridgehead atoms. The zero-order chi connectivity index (χ0) is 13.4. The van der Waals surface area contributed by atoms with Gasteiger partial charge >= 0.3 is 123 Å². The van der Waals surface area contributed by atoms with Gasteiger partial charge in [0.15, 0.2) is 0 Å². The number of hydrogen-bond acceptors (Lipinski definition) is 0. The summed E-state index contributed by atoms with van der Waals surface area (Å²) in [5.74, 6) is 0. The average Bonchev–Trinajstić information content (AvgIpc) is 2.44. The maximum absolute atomic E-state index is 2.78. The fraction of sp³-hybridized carbons (Fsp3) is 0.500. The summed E-state index contributed by atoms with van der Waals surface area (Å²) < 4.78 is 1.80. The Balaban J connectivity index is 3.09. The van der Waals surface area contributed by atoms with Gasteiger partial charge in [0.05, 0.1) is 0 Å². The zero-order valence-electron chi connectivity index (χ0n) is 12.3. The Morgan fingerprint density at radius 3 is 1.89 bits per heavy atom. The van der Waals surface area contributed by atoms with E-state index in [9.17, 15) is 0 Å². The van der Waals surface area contributed by atoms with Crippen LogP contribution in [0.15, 0.2) is 35.2 Å². The Kier molecular flexibility index (Phi) is 8.08. The average molecular weight is 364 g/mol. The molecule has 0 saturated heterocycles. The van der Waals surface area contributed by atoms with Crippen LogP contribution in [0.1, 0.15) is 33.3 Å². The van der Waals surface area contributed by atoms with Crippen molar-refractivity contribution in [3.05, 3.63) is 40.8 Å². The van der Waals surface area contributed by atoms with Gasteiger partial charge in [0, 0.05) is 0 Å². The third-order valence-electron chi connectivity index (χ3n) is 3.58. The van der Waals surface area contributed by atoms with E-state index in [0.717, 1.165) is 0 Å². The van der Waals surface area contributed by atoms with Crippen LogP contribution in [0.4, 0.5) is 0 Å². The Bertz CT molecular complexity index is 349. The van der Waals surface area contributed by atoms with Crippen molar-refractivity contribution in [3.63, 3.8) is 0 Å². The van der Waals surface area contributed by atoms with Gasteiger partial charge in [0.1, 0.15) is 0 Å². The predicted molar refractivity (Wildman–Crippen MR) is 87.9 cm³/mol. The van der Waals surface area contributed by atoms with E-state index in [1.54, 1.807) is 4.41 Å². The van der Waals surface area contributed by atoms with E-state index in [-0.39, 0.29) is 0 Å². The fourth-order valence-corrected chi connectivity index (χ4v) is 14.1. The van der Waals surface area contributed by atoms with Crippen LogP contribution < -0.4 is 0 Å². The summed E-state index contributed by atoms with van der Waals surface area (Å²) >= 11 is -1.91. The van der Waals surface area contributed by atoms with Crippen LogP contribution in [0, 0.1) is 0 Å². The SMILES string of the molecule is C[CH2][Ge](/[CH]=[C](/c1ccccc1)[Ge]([CH2]C)[CH2]C)[CH2]C.